The Morgan fingerprint density at radius 3 is 2.50 bits per heavy atom. The summed E-state index contributed by atoms with van der Waals surface area (Å²) < 4.78 is 0. The van der Waals surface area contributed by atoms with Gasteiger partial charge in [-0.25, -0.2) is 0 Å². The average Bonchev–Trinajstić information content (AvgIpc) is 2.42. The highest BCUT2D eigenvalue weighted by molar-refractivity contribution is 5.17. The number of likely N-dealkylation sites (tertiary alicyclic amines) is 1. The molecule has 20 heavy (non-hydrogen) atoms. The summed E-state index contributed by atoms with van der Waals surface area (Å²) in [6.07, 6.45) is 6.30. The van der Waals surface area contributed by atoms with Gasteiger partial charge in [0.05, 0.1) is 0 Å². The zero-order chi connectivity index (χ0) is 14.5. The van der Waals surface area contributed by atoms with E-state index in [1.807, 2.05) is 12.4 Å². The van der Waals surface area contributed by atoms with Crippen molar-refractivity contribution >= 4 is 0 Å². The highest BCUT2D eigenvalue weighted by Gasteiger charge is 2.25. The normalized spacial score (nSPS) is 21.1. The summed E-state index contributed by atoms with van der Waals surface area (Å²) in [7, 11) is 4.41. The average molecular weight is 276 g/mol. The van der Waals surface area contributed by atoms with Gasteiger partial charge in [0.25, 0.3) is 0 Å². The van der Waals surface area contributed by atoms with Crippen LogP contribution < -0.4 is 5.73 Å². The minimum absolute atomic E-state index is 0.119. The molecular weight excluding hydrogens is 248 g/mol. The van der Waals surface area contributed by atoms with Gasteiger partial charge in [-0.2, -0.15) is 0 Å². The molecule has 0 aromatic carbocycles. The van der Waals surface area contributed by atoms with Crippen LogP contribution in [0.15, 0.2) is 24.5 Å². The van der Waals surface area contributed by atoms with E-state index in [2.05, 4.69) is 47.9 Å². The van der Waals surface area contributed by atoms with Crippen LogP contribution in [0, 0.1) is 5.92 Å². The summed E-state index contributed by atoms with van der Waals surface area (Å²) in [6.45, 7) is 5.66. The number of nitrogens with zero attached hydrogens (tertiary/aromatic N) is 3. The number of nitrogens with two attached hydrogens (primary N) is 1. The van der Waals surface area contributed by atoms with Gasteiger partial charge in [-0.1, -0.05) is 0 Å². The second-order valence-electron chi connectivity index (χ2n) is 6.27. The second kappa shape index (κ2) is 7.16. The van der Waals surface area contributed by atoms with Crippen molar-refractivity contribution in [3.63, 3.8) is 0 Å². The molecule has 2 heterocycles. The SMILES string of the molecule is CC(N)C(c1ccncc1)N(C)CC1CCN(C)CC1. The van der Waals surface area contributed by atoms with E-state index in [0.29, 0.717) is 0 Å². The summed E-state index contributed by atoms with van der Waals surface area (Å²) in [6, 6.07) is 4.56. The Hall–Kier alpha value is -0.970. The van der Waals surface area contributed by atoms with Crippen molar-refractivity contribution in [3.8, 4) is 0 Å². The molecular formula is C16H28N4. The molecule has 2 atom stereocenters. The van der Waals surface area contributed by atoms with E-state index in [-0.39, 0.29) is 12.1 Å². The van der Waals surface area contributed by atoms with Crippen molar-refractivity contribution < 1.29 is 0 Å². The largest absolute Gasteiger partial charge is 0.326 e. The fourth-order valence-corrected chi connectivity index (χ4v) is 3.29. The molecule has 0 amide bonds. The predicted molar refractivity (Wildman–Crippen MR) is 83.5 cm³/mol. The van der Waals surface area contributed by atoms with E-state index in [1.54, 1.807) is 0 Å². The van der Waals surface area contributed by atoms with Crippen molar-refractivity contribution in [1.29, 1.82) is 0 Å². The Balaban J connectivity index is 1.99. The molecule has 112 valence electrons. The van der Waals surface area contributed by atoms with E-state index in [1.165, 1.54) is 31.5 Å². The number of rotatable bonds is 5. The Morgan fingerprint density at radius 1 is 1.35 bits per heavy atom. The van der Waals surface area contributed by atoms with Gasteiger partial charge in [-0.05, 0) is 70.6 Å². The third kappa shape index (κ3) is 4.01. The van der Waals surface area contributed by atoms with Crippen LogP contribution in [0.2, 0.25) is 0 Å². The lowest BCUT2D eigenvalue weighted by Gasteiger charge is -2.36. The molecule has 2 unspecified atom stereocenters. The van der Waals surface area contributed by atoms with Gasteiger partial charge in [0.15, 0.2) is 0 Å². The standard InChI is InChI=1S/C16H28N4/c1-13(17)16(15-4-8-18-9-5-15)20(3)12-14-6-10-19(2)11-7-14/h4-5,8-9,13-14,16H,6-7,10-12,17H2,1-3H3. The fraction of sp³-hybridized carbons (Fsp3) is 0.688. The summed E-state index contributed by atoms with van der Waals surface area (Å²) in [5, 5.41) is 0. The lowest BCUT2D eigenvalue weighted by Crippen LogP contribution is -2.41. The lowest BCUT2D eigenvalue weighted by atomic mass is 9.94. The van der Waals surface area contributed by atoms with Crippen LogP contribution in [0.1, 0.15) is 31.4 Å². The van der Waals surface area contributed by atoms with Gasteiger partial charge in [0.2, 0.25) is 0 Å². The van der Waals surface area contributed by atoms with Gasteiger partial charge in [0, 0.05) is 31.0 Å². The Bertz CT molecular complexity index is 385. The molecule has 0 aliphatic carbocycles. The number of pyridine rings is 1. The molecule has 1 saturated heterocycles. The first kappa shape index (κ1) is 15.4. The first-order valence-electron chi connectivity index (χ1n) is 7.62. The van der Waals surface area contributed by atoms with Crippen LogP contribution in [-0.4, -0.2) is 54.6 Å². The quantitative estimate of drug-likeness (QED) is 0.890. The maximum Gasteiger partial charge on any atom is 0.0494 e. The molecule has 4 heteroatoms. The first-order chi connectivity index (χ1) is 9.58. The Morgan fingerprint density at radius 2 is 1.95 bits per heavy atom. The van der Waals surface area contributed by atoms with E-state index in [0.717, 1.165) is 12.5 Å². The monoisotopic (exact) mass is 276 g/mol. The number of aromatic nitrogens is 1. The van der Waals surface area contributed by atoms with Crippen molar-refractivity contribution in [2.75, 3.05) is 33.7 Å². The zero-order valence-electron chi connectivity index (χ0n) is 13.0. The summed E-state index contributed by atoms with van der Waals surface area (Å²) in [4.78, 5) is 8.95. The van der Waals surface area contributed by atoms with Gasteiger partial charge in [-0.15, -0.1) is 0 Å². The van der Waals surface area contributed by atoms with Crippen molar-refractivity contribution in [2.45, 2.75) is 31.8 Å². The topological polar surface area (TPSA) is 45.4 Å². The minimum Gasteiger partial charge on any atom is -0.326 e. The van der Waals surface area contributed by atoms with Crippen LogP contribution in [0.5, 0.6) is 0 Å². The molecule has 2 rings (SSSR count). The van der Waals surface area contributed by atoms with Crippen LogP contribution in [0.3, 0.4) is 0 Å². The number of hydrogen-bond donors (Lipinski definition) is 1. The zero-order valence-corrected chi connectivity index (χ0v) is 13.0. The molecule has 0 bridgehead atoms. The van der Waals surface area contributed by atoms with Crippen LogP contribution >= 0.6 is 0 Å². The van der Waals surface area contributed by atoms with Crippen molar-refractivity contribution in [2.24, 2.45) is 11.7 Å². The summed E-state index contributed by atoms with van der Waals surface area (Å²) in [5.74, 6) is 0.791. The van der Waals surface area contributed by atoms with E-state index >= 15 is 0 Å². The third-order valence-corrected chi connectivity index (χ3v) is 4.40. The van der Waals surface area contributed by atoms with Crippen molar-refractivity contribution in [1.82, 2.24) is 14.8 Å². The second-order valence-corrected chi connectivity index (χ2v) is 6.27. The number of hydrogen-bond acceptors (Lipinski definition) is 4. The minimum atomic E-state index is 0.119. The molecule has 2 N–H and O–H groups in total. The molecule has 1 aromatic heterocycles. The van der Waals surface area contributed by atoms with Gasteiger partial charge >= 0.3 is 0 Å². The first-order valence-corrected chi connectivity index (χ1v) is 7.62. The van der Waals surface area contributed by atoms with Gasteiger partial charge in [0.1, 0.15) is 0 Å². The lowest BCUT2D eigenvalue weighted by molar-refractivity contribution is 0.140. The summed E-state index contributed by atoms with van der Waals surface area (Å²) in [5.41, 5.74) is 7.50. The fourth-order valence-electron chi connectivity index (χ4n) is 3.29. The van der Waals surface area contributed by atoms with Gasteiger partial charge < -0.3 is 10.6 Å². The Kier molecular flexibility index (Phi) is 5.52. The number of likely N-dealkylation sites (N-methyl/N-ethyl adjacent to an activating group) is 1. The highest BCUT2D eigenvalue weighted by Crippen LogP contribution is 2.25. The molecule has 4 nitrogen and oxygen atoms in total. The van der Waals surface area contributed by atoms with Gasteiger partial charge in [-0.3, -0.25) is 9.88 Å². The summed E-state index contributed by atoms with van der Waals surface area (Å²) >= 11 is 0. The molecule has 0 radical (unpaired) electrons. The number of piperidine rings is 1. The molecule has 0 saturated carbocycles. The molecule has 1 aliphatic heterocycles. The Labute approximate surface area is 123 Å². The smallest absolute Gasteiger partial charge is 0.0494 e. The molecule has 1 fully saturated rings. The maximum absolute atomic E-state index is 6.23. The van der Waals surface area contributed by atoms with Crippen LogP contribution in [-0.2, 0) is 0 Å². The molecule has 1 aliphatic rings. The van der Waals surface area contributed by atoms with Crippen molar-refractivity contribution in [3.05, 3.63) is 30.1 Å². The molecule has 0 spiro atoms. The third-order valence-electron chi connectivity index (χ3n) is 4.40. The van der Waals surface area contributed by atoms with E-state index < -0.39 is 0 Å². The van der Waals surface area contributed by atoms with Crippen LogP contribution in [0.4, 0.5) is 0 Å². The van der Waals surface area contributed by atoms with Crippen LogP contribution in [0.25, 0.3) is 0 Å². The van der Waals surface area contributed by atoms with E-state index in [9.17, 15) is 0 Å². The predicted octanol–water partition coefficient (Wildman–Crippen LogP) is 1.74. The van der Waals surface area contributed by atoms with E-state index in [4.69, 9.17) is 5.73 Å². The maximum atomic E-state index is 6.23. The molecule has 1 aromatic rings. The highest BCUT2D eigenvalue weighted by atomic mass is 15.2.